The molecule has 1 aliphatic heterocycles. The Bertz CT molecular complexity index is 1020. The van der Waals surface area contributed by atoms with Gasteiger partial charge in [0.2, 0.25) is 0 Å². The third-order valence-corrected chi connectivity index (χ3v) is 6.36. The number of carbonyl (C=O) groups excluding carboxylic acids is 1. The summed E-state index contributed by atoms with van der Waals surface area (Å²) in [7, 11) is 3.34. The van der Waals surface area contributed by atoms with E-state index in [1.807, 2.05) is 36.1 Å². The zero-order valence-electron chi connectivity index (χ0n) is 17.0. The highest BCUT2D eigenvalue weighted by Crippen LogP contribution is 2.36. The molecule has 1 amide bonds. The summed E-state index contributed by atoms with van der Waals surface area (Å²) >= 11 is 1.46. The number of hydrogen-bond donors (Lipinski definition) is 1. The Hall–Kier alpha value is -2.58. The van der Waals surface area contributed by atoms with Gasteiger partial charge in [-0.25, -0.2) is 4.98 Å². The van der Waals surface area contributed by atoms with E-state index >= 15 is 0 Å². The zero-order valence-corrected chi connectivity index (χ0v) is 17.8. The van der Waals surface area contributed by atoms with Gasteiger partial charge in [-0.05, 0) is 31.9 Å². The molecule has 1 saturated heterocycles. The summed E-state index contributed by atoms with van der Waals surface area (Å²) in [6.07, 6.45) is 2.16. The van der Waals surface area contributed by atoms with Gasteiger partial charge in [-0.3, -0.25) is 9.20 Å². The van der Waals surface area contributed by atoms with Crippen LogP contribution >= 0.6 is 11.3 Å². The fourth-order valence-corrected chi connectivity index (χ4v) is 4.81. The number of aryl methyl sites for hydroxylation is 1. The summed E-state index contributed by atoms with van der Waals surface area (Å²) in [4.78, 5) is 21.4. The van der Waals surface area contributed by atoms with Crippen molar-refractivity contribution in [2.45, 2.75) is 19.8 Å². The monoisotopic (exact) mass is 414 g/mol. The summed E-state index contributed by atoms with van der Waals surface area (Å²) in [5.41, 5.74) is 2.73. The molecular weight excluding hydrogens is 388 g/mol. The van der Waals surface area contributed by atoms with Crippen LogP contribution in [0, 0.1) is 6.92 Å². The maximum absolute atomic E-state index is 13.0. The van der Waals surface area contributed by atoms with Crippen molar-refractivity contribution in [1.29, 1.82) is 0 Å². The molecule has 1 fully saturated rings. The van der Waals surface area contributed by atoms with Gasteiger partial charge in [0.25, 0.3) is 5.91 Å². The van der Waals surface area contributed by atoms with Crippen LogP contribution in [0.3, 0.4) is 0 Å². The van der Waals surface area contributed by atoms with Crippen LogP contribution in [0.25, 0.3) is 16.2 Å². The number of ether oxygens (including phenoxy) is 2. The maximum Gasteiger partial charge on any atom is 0.265 e. The van der Waals surface area contributed by atoms with Crippen LogP contribution in [0.4, 0.5) is 5.82 Å². The number of nitrogens with zero attached hydrogens (tertiary/aromatic N) is 3. The molecule has 0 atom stereocenters. The highest BCUT2D eigenvalue weighted by molar-refractivity contribution is 7.19. The molecule has 1 aliphatic rings. The lowest BCUT2D eigenvalue weighted by molar-refractivity contribution is 0.0796. The van der Waals surface area contributed by atoms with E-state index in [2.05, 4.69) is 9.72 Å². The molecule has 1 N–H and O–H groups in total. The molecule has 0 aliphatic carbocycles. The van der Waals surface area contributed by atoms with Gasteiger partial charge in [-0.2, -0.15) is 0 Å². The van der Waals surface area contributed by atoms with E-state index in [0.29, 0.717) is 13.2 Å². The van der Waals surface area contributed by atoms with Crippen molar-refractivity contribution in [3.63, 3.8) is 0 Å². The molecule has 7 nitrogen and oxygen atoms in total. The van der Waals surface area contributed by atoms with E-state index in [4.69, 9.17) is 14.5 Å². The Morgan fingerprint density at radius 3 is 2.79 bits per heavy atom. The first-order valence-electron chi connectivity index (χ1n) is 9.82. The molecule has 154 valence electrons. The Morgan fingerprint density at radius 1 is 1.28 bits per heavy atom. The maximum atomic E-state index is 13.0. The minimum atomic E-state index is 0.112. The van der Waals surface area contributed by atoms with E-state index in [-0.39, 0.29) is 5.91 Å². The third-order valence-electron chi connectivity index (χ3n) is 5.23. The van der Waals surface area contributed by atoms with E-state index in [0.717, 1.165) is 64.3 Å². The normalized spacial score (nSPS) is 14.0. The predicted molar refractivity (Wildman–Crippen MR) is 115 cm³/mol. The number of fused-ring (bicyclic) bond motifs is 1. The number of methoxy groups -OCH3 is 2. The minimum Gasteiger partial charge on any atom is -0.497 e. The molecule has 0 radical (unpaired) electrons. The molecule has 2 aromatic heterocycles. The number of nitrogens with one attached hydrogen (secondary N) is 1. The molecule has 0 unspecified atom stereocenters. The van der Waals surface area contributed by atoms with Crippen LogP contribution in [0.1, 0.15) is 28.2 Å². The van der Waals surface area contributed by atoms with Crippen molar-refractivity contribution in [2.75, 3.05) is 45.8 Å². The lowest BCUT2D eigenvalue weighted by Gasteiger charge is -2.14. The molecule has 3 aromatic rings. The van der Waals surface area contributed by atoms with Crippen LogP contribution in [0.5, 0.6) is 5.75 Å². The van der Waals surface area contributed by atoms with Crippen molar-refractivity contribution in [1.82, 2.24) is 14.3 Å². The number of imidazole rings is 1. The second-order valence-corrected chi connectivity index (χ2v) is 8.07. The number of aromatic nitrogens is 2. The Kier molecular flexibility index (Phi) is 5.73. The van der Waals surface area contributed by atoms with Crippen molar-refractivity contribution >= 4 is 28.0 Å². The first-order chi connectivity index (χ1) is 14.1. The van der Waals surface area contributed by atoms with Gasteiger partial charge in [-0.15, -0.1) is 0 Å². The molecule has 1 aromatic carbocycles. The summed E-state index contributed by atoms with van der Waals surface area (Å²) in [6.45, 7) is 4.89. The van der Waals surface area contributed by atoms with Gasteiger partial charge in [0.1, 0.15) is 22.1 Å². The highest BCUT2D eigenvalue weighted by Gasteiger charge is 2.27. The first kappa shape index (κ1) is 19.7. The quantitative estimate of drug-likeness (QED) is 0.598. The minimum absolute atomic E-state index is 0.112. The lowest BCUT2D eigenvalue weighted by atomic mass is 10.1. The largest absolute Gasteiger partial charge is 0.497 e. The average Bonchev–Trinajstić information content (AvgIpc) is 3.46. The molecule has 4 rings (SSSR count). The van der Waals surface area contributed by atoms with Crippen LogP contribution in [0.2, 0.25) is 0 Å². The molecule has 0 bridgehead atoms. The second-order valence-electron chi connectivity index (χ2n) is 7.09. The second kappa shape index (κ2) is 8.42. The Labute approximate surface area is 174 Å². The summed E-state index contributed by atoms with van der Waals surface area (Å²) in [5.74, 6) is 1.77. The van der Waals surface area contributed by atoms with Crippen molar-refractivity contribution in [3.8, 4) is 17.0 Å². The zero-order chi connectivity index (χ0) is 20.4. The van der Waals surface area contributed by atoms with Crippen LogP contribution in [0.15, 0.2) is 24.3 Å². The highest BCUT2D eigenvalue weighted by atomic mass is 32.1. The summed E-state index contributed by atoms with van der Waals surface area (Å²) in [6, 6.07) is 7.86. The fraction of sp³-hybridized carbons (Fsp3) is 0.429. The number of anilines is 1. The van der Waals surface area contributed by atoms with Crippen LogP contribution in [-0.4, -0.2) is 60.7 Å². The van der Waals surface area contributed by atoms with E-state index < -0.39 is 0 Å². The number of hydrogen-bond acceptors (Lipinski definition) is 6. The molecule has 0 spiro atoms. The first-order valence-corrected chi connectivity index (χ1v) is 10.6. The molecule has 29 heavy (non-hydrogen) atoms. The number of amides is 1. The Balaban J connectivity index is 1.79. The van der Waals surface area contributed by atoms with Gasteiger partial charge in [0.15, 0.2) is 4.96 Å². The number of rotatable bonds is 7. The van der Waals surface area contributed by atoms with Crippen LogP contribution < -0.4 is 10.1 Å². The molecular formula is C21H26N4O3S. The topological polar surface area (TPSA) is 68.1 Å². The molecule has 0 saturated carbocycles. The van der Waals surface area contributed by atoms with Crippen molar-refractivity contribution in [2.24, 2.45) is 0 Å². The van der Waals surface area contributed by atoms with Gasteiger partial charge in [0, 0.05) is 38.0 Å². The fourth-order valence-electron chi connectivity index (χ4n) is 3.71. The van der Waals surface area contributed by atoms with Crippen molar-refractivity contribution < 1.29 is 14.3 Å². The van der Waals surface area contributed by atoms with Crippen LogP contribution in [-0.2, 0) is 4.74 Å². The third kappa shape index (κ3) is 3.70. The lowest BCUT2D eigenvalue weighted by Crippen LogP contribution is -2.27. The number of carbonyl (C=O) groups is 1. The standard InChI is InChI=1S/C21H26N4O3S/c1-14-18(20(26)24-10-4-5-11-24)29-21-23-17(15-7-6-8-16(13-15)28-3)19(25(14)21)22-9-12-27-2/h6-8,13,22H,4-5,9-12H2,1-3H3. The van der Waals surface area contributed by atoms with E-state index in [1.54, 1.807) is 14.2 Å². The van der Waals surface area contributed by atoms with Crippen molar-refractivity contribution in [3.05, 3.63) is 34.8 Å². The summed E-state index contributed by atoms with van der Waals surface area (Å²) in [5, 5.41) is 3.45. The molecule has 3 heterocycles. The average molecular weight is 415 g/mol. The predicted octanol–water partition coefficient (Wildman–Crippen LogP) is 3.67. The Morgan fingerprint density at radius 2 is 2.07 bits per heavy atom. The number of thiazole rings is 1. The van der Waals surface area contributed by atoms with Gasteiger partial charge in [-0.1, -0.05) is 23.5 Å². The van der Waals surface area contributed by atoms with E-state index in [1.165, 1.54) is 11.3 Å². The smallest absolute Gasteiger partial charge is 0.265 e. The number of benzene rings is 1. The van der Waals surface area contributed by atoms with E-state index in [9.17, 15) is 4.79 Å². The summed E-state index contributed by atoms with van der Waals surface area (Å²) < 4.78 is 12.6. The van der Waals surface area contributed by atoms with Gasteiger partial charge < -0.3 is 19.7 Å². The number of likely N-dealkylation sites (tertiary alicyclic amines) is 1. The van der Waals surface area contributed by atoms with Gasteiger partial charge >= 0.3 is 0 Å². The van der Waals surface area contributed by atoms with Gasteiger partial charge in [0.05, 0.1) is 13.7 Å². The SMILES string of the molecule is COCCNc1c(-c2cccc(OC)c2)nc2sc(C(=O)N3CCCC3)c(C)n12. The molecule has 8 heteroatoms.